The standard InChI is InChI=1S/C7H8S.C6H7N.CH5N/c1-8-7-5-3-2-4-6-7;7-6-4-2-1-3-5-6;1-2/h2-6H,1H3;1-5H,7H2;2H2,1H3. The van der Waals surface area contributed by atoms with Crippen LogP contribution in [0.25, 0.3) is 0 Å². The van der Waals surface area contributed by atoms with Gasteiger partial charge in [-0.2, -0.15) is 0 Å². The third-order valence-electron chi connectivity index (χ3n) is 1.78. The molecular weight excluding hydrogens is 228 g/mol. The van der Waals surface area contributed by atoms with Crippen LogP contribution < -0.4 is 11.5 Å². The van der Waals surface area contributed by atoms with Crippen LogP contribution in [0, 0.1) is 0 Å². The normalized spacial score (nSPS) is 8.18. The highest BCUT2D eigenvalue weighted by atomic mass is 32.2. The van der Waals surface area contributed by atoms with Gasteiger partial charge in [0.1, 0.15) is 0 Å². The van der Waals surface area contributed by atoms with Gasteiger partial charge in [-0.05, 0) is 37.6 Å². The van der Waals surface area contributed by atoms with Gasteiger partial charge in [-0.1, -0.05) is 36.4 Å². The minimum absolute atomic E-state index is 0.822. The molecule has 0 heterocycles. The van der Waals surface area contributed by atoms with Crippen LogP contribution in [-0.2, 0) is 0 Å². The lowest BCUT2D eigenvalue weighted by atomic mass is 10.3. The molecule has 2 nitrogen and oxygen atoms in total. The fourth-order valence-electron chi connectivity index (χ4n) is 1.01. The number of benzene rings is 2. The van der Waals surface area contributed by atoms with Crippen LogP contribution >= 0.6 is 11.8 Å². The van der Waals surface area contributed by atoms with E-state index >= 15 is 0 Å². The van der Waals surface area contributed by atoms with Crippen molar-refractivity contribution in [2.45, 2.75) is 4.90 Å². The van der Waals surface area contributed by atoms with Crippen LogP contribution in [0.2, 0.25) is 0 Å². The third kappa shape index (κ3) is 8.37. The average Bonchev–Trinajstić information content (AvgIpc) is 2.43. The van der Waals surface area contributed by atoms with Gasteiger partial charge in [0.2, 0.25) is 0 Å². The summed E-state index contributed by atoms with van der Waals surface area (Å²) in [5, 5.41) is 0. The lowest BCUT2D eigenvalue weighted by Gasteiger charge is -1.89. The van der Waals surface area contributed by atoms with Gasteiger partial charge in [0.25, 0.3) is 0 Å². The first-order valence-corrected chi connectivity index (χ1v) is 6.52. The molecule has 0 radical (unpaired) electrons. The zero-order valence-electron chi connectivity index (χ0n) is 10.3. The molecule has 2 rings (SSSR count). The van der Waals surface area contributed by atoms with Gasteiger partial charge >= 0.3 is 0 Å². The summed E-state index contributed by atoms with van der Waals surface area (Å²) in [6.45, 7) is 0. The summed E-state index contributed by atoms with van der Waals surface area (Å²) in [6, 6.07) is 19.8. The van der Waals surface area contributed by atoms with Crippen molar-refractivity contribution in [3.05, 3.63) is 60.7 Å². The van der Waals surface area contributed by atoms with Crippen molar-refractivity contribution >= 4 is 17.4 Å². The van der Waals surface area contributed by atoms with Crippen LogP contribution in [0.3, 0.4) is 0 Å². The molecule has 3 heteroatoms. The third-order valence-corrected chi connectivity index (χ3v) is 2.52. The molecule has 0 aliphatic heterocycles. The second-order valence-corrected chi connectivity index (χ2v) is 3.81. The Morgan fingerprint density at radius 3 is 1.41 bits per heavy atom. The topological polar surface area (TPSA) is 52.0 Å². The first-order valence-electron chi connectivity index (χ1n) is 5.30. The van der Waals surface area contributed by atoms with E-state index in [1.807, 2.05) is 48.5 Å². The van der Waals surface area contributed by atoms with Crippen LogP contribution in [0.1, 0.15) is 0 Å². The van der Waals surface area contributed by atoms with E-state index in [1.54, 1.807) is 11.8 Å². The summed E-state index contributed by atoms with van der Waals surface area (Å²) in [7, 11) is 1.50. The lowest BCUT2D eigenvalue weighted by Crippen LogP contribution is -1.79. The highest BCUT2D eigenvalue weighted by Crippen LogP contribution is 2.11. The molecule has 17 heavy (non-hydrogen) atoms. The van der Waals surface area contributed by atoms with E-state index in [0.29, 0.717) is 0 Å². The Balaban J connectivity index is 0.000000265. The Morgan fingerprint density at radius 2 is 1.18 bits per heavy atom. The highest BCUT2D eigenvalue weighted by molar-refractivity contribution is 7.98. The van der Waals surface area contributed by atoms with Gasteiger partial charge in [0, 0.05) is 10.6 Å². The Hall–Kier alpha value is -1.45. The summed E-state index contributed by atoms with van der Waals surface area (Å²) in [5.41, 5.74) is 10.7. The Morgan fingerprint density at radius 1 is 0.765 bits per heavy atom. The van der Waals surface area contributed by atoms with Crippen molar-refractivity contribution in [2.75, 3.05) is 19.0 Å². The average molecular weight is 248 g/mol. The molecule has 4 N–H and O–H groups in total. The van der Waals surface area contributed by atoms with Crippen molar-refractivity contribution in [1.29, 1.82) is 0 Å². The van der Waals surface area contributed by atoms with E-state index in [1.165, 1.54) is 11.9 Å². The van der Waals surface area contributed by atoms with E-state index in [2.05, 4.69) is 24.1 Å². The number of hydrogen-bond donors (Lipinski definition) is 2. The maximum absolute atomic E-state index is 5.36. The summed E-state index contributed by atoms with van der Waals surface area (Å²) in [5.74, 6) is 0. The fraction of sp³-hybridized carbons (Fsp3) is 0.143. The minimum Gasteiger partial charge on any atom is -0.399 e. The summed E-state index contributed by atoms with van der Waals surface area (Å²) < 4.78 is 0. The SMILES string of the molecule is CN.CSc1ccccc1.Nc1ccccc1. The van der Waals surface area contributed by atoms with Gasteiger partial charge in [0.05, 0.1) is 0 Å². The monoisotopic (exact) mass is 248 g/mol. The first-order chi connectivity index (χ1) is 8.33. The lowest BCUT2D eigenvalue weighted by molar-refractivity contribution is 1.47. The molecule has 0 saturated heterocycles. The van der Waals surface area contributed by atoms with Crippen LogP contribution in [0.15, 0.2) is 65.6 Å². The van der Waals surface area contributed by atoms with Crippen LogP contribution in [0.5, 0.6) is 0 Å². The van der Waals surface area contributed by atoms with Crippen molar-refractivity contribution in [3.8, 4) is 0 Å². The molecule has 0 saturated carbocycles. The number of hydrogen-bond acceptors (Lipinski definition) is 3. The number of nitrogen functional groups attached to an aromatic ring is 1. The Bertz CT molecular complexity index is 362. The van der Waals surface area contributed by atoms with Crippen molar-refractivity contribution < 1.29 is 0 Å². The molecule has 0 atom stereocenters. The largest absolute Gasteiger partial charge is 0.399 e. The van der Waals surface area contributed by atoms with Crippen LogP contribution in [-0.4, -0.2) is 13.3 Å². The van der Waals surface area contributed by atoms with Crippen molar-refractivity contribution in [2.24, 2.45) is 5.73 Å². The Labute approximate surface area is 108 Å². The molecule has 0 spiro atoms. The first kappa shape index (κ1) is 15.6. The van der Waals surface area contributed by atoms with E-state index in [0.717, 1.165) is 5.69 Å². The number of anilines is 1. The molecular formula is C14H20N2S. The number of para-hydroxylation sites is 1. The maximum Gasteiger partial charge on any atom is 0.0313 e. The molecule has 0 unspecified atom stereocenters. The molecule has 2 aromatic rings. The van der Waals surface area contributed by atoms with E-state index in [-0.39, 0.29) is 0 Å². The summed E-state index contributed by atoms with van der Waals surface area (Å²) in [6.07, 6.45) is 2.08. The van der Waals surface area contributed by atoms with Gasteiger partial charge in [0.15, 0.2) is 0 Å². The zero-order valence-corrected chi connectivity index (χ0v) is 11.2. The highest BCUT2D eigenvalue weighted by Gasteiger charge is 1.80. The summed E-state index contributed by atoms with van der Waals surface area (Å²) in [4.78, 5) is 1.33. The zero-order chi connectivity index (χ0) is 12.9. The molecule has 0 fully saturated rings. The molecule has 0 aliphatic rings. The number of thioether (sulfide) groups is 1. The van der Waals surface area contributed by atoms with Crippen molar-refractivity contribution in [1.82, 2.24) is 0 Å². The van der Waals surface area contributed by atoms with E-state index < -0.39 is 0 Å². The van der Waals surface area contributed by atoms with Gasteiger partial charge in [-0.3, -0.25) is 0 Å². The van der Waals surface area contributed by atoms with Gasteiger partial charge in [-0.15, -0.1) is 11.8 Å². The predicted octanol–water partition coefficient (Wildman–Crippen LogP) is 3.25. The number of rotatable bonds is 1. The smallest absolute Gasteiger partial charge is 0.0313 e. The molecule has 2 aromatic carbocycles. The number of nitrogens with two attached hydrogens (primary N) is 2. The molecule has 0 aromatic heterocycles. The minimum atomic E-state index is 0.822. The Kier molecular flexibility index (Phi) is 10.1. The molecule has 92 valence electrons. The predicted molar refractivity (Wildman–Crippen MR) is 79.2 cm³/mol. The second kappa shape index (κ2) is 11.0. The van der Waals surface area contributed by atoms with Crippen molar-refractivity contribution in [3.63, 3.8) is 0 Å². The fourth-order valence-corrected chi connectivity index (χ4v) is 1.44. The second-order valence-electron chi connectivity index (χ2n) is 2.93. The van der Waals surface area contributed by atoms with Gasteiger partial charge in [-0.25, -0.2) is 0 Å². The van der Waals surface area contributed by atoms with Crippen LogP contribution in [0.4, 0.5) is 5.69 Å². The molecule has 0 aliphatic carbocycles. The van der Waals surface area contributed by atoms with E-state index in [9.17, 15) is 0 Å². The van der Waals surface area contributed by atoms with E-state index in [4.69, 9.17) is 5.73 Å². The quantitative estimate of drug-likeness (QED) is 0.601. The summed E-state index contributed by atoms with van der Waals surface area (Å²) >= 11 is 1.77. The maximum atomic E-state index is 5.36. The van der Waals surface area contributed by atoms with Gasteiger partial charge < -0.3 is 11.5 Å². The molecule has 0 amide bonds. The molecule has 0 bridgehead atoms.